The second-order valence-electron chi connectivity index (χ2n) is 7.79. The molecule has 0 spiro atoms. The molecule has 1 fully saturated rings. The Hall–Kier alpha value is -3.12. The summed E-state index contributed by atoms with van der Waals surface area (Å²) in [4.78, 5) is 30.7. The molecule has 2 aromatic rings. The van der Waals surface area contributed by atoms with Crippen LogP contribution in [0, 0.1) is 11.3 Å². The molecule has 33 heavy (non-hydrogen) atoms. The summed E-state index contributed by atoms with van der Waals surface area (Å²) in [5, 5.41) is 11.3. The van der Waals surface area contributed by atoms with Crippen LogP contribution in [0.1, 0.15) is 67.5 Å². The highest BCUT2D eigenvalue weighted by Crippen LogP contribution is 2.48. The molecule has 2 heterocycles. The maximum absolute atomic E-state index is 13.1. The Balaban J connectivity index is 1.78. The molecule has 0 unspecified atom stereocenters. The Morgan fingerprint density at radius 2 is 2.00 bits per heavy atom. The summed E-state index contributed by atoms with van der Waals surface area (Å²) in [7, 11) is 1.46. The van der Waals surface area contributed by atoms with E-state index in [9.17, 15) is 9.59 Å². The zero-order valence-corrected chi connectivity index (χ0v) is 19.6. The number of amides is 1. The van der Waals surface area contributed by atoms with Gasteiger partial charge in [0.25, 0.3) is 0 Å². The van der Waals surface area contributed by atoms with E-state index in [1.807, 2.05) is 6.07 Å². The summed E-state index contributed by atoms with van der Waals surface area (Å²) in [6.45, 7) is 0.408. The molecule has 1 amide bonds. The molecule has 0 saturated heterocycles. The Morgan fingerprint density at radius 3 is 2.70 bits per heavy atom. The number of hydrogen-bond acceptors (Lipinski definition) is 8. The van der Waals surface area contributed by atoms with Crippen molar-refractivity contribution in [1.82, 2.24) is 10.3 Å². The Bertz CT molecular complexity index is 964. The van der Waals surface area contributed by atoms with Crippen LogP contribution in [0.15, 0.2) is 24.4 Å². The summed E-state index contributed by atoms with van der Waals surface area (Å²) in [6.07, 6.45) is 8.58. The fraction of sp³-hybridized carbons (Fsp3) is 0.500. The first-order valence-corrected chi connectivity index (χ1v) is 12.1. The van der Waals surface area contributed by atoms with Crippen LogP contribution in [0.4, 0.5) is 4.79 Å². The first-order valence-electron chi connectivity index (χ1n) is 11.3. The number of unbranched alkanes of at least 4 members (excludes halogenated alkanes) is 3. The second kappa shape index (κ2) is 12.8. The van der Waals surface area contributed by atoms with Crippen LogP contribution in [0.5, 0.6) is 11.5 Å². The van der Waals surface area contributed by atoms with Crippen molar-refractivity contribution in [3.8, 4) is 28.1 Å². The number of methoxy groups -OCH3 is 1. The standard InChI is InChI=1S/C24H29N3O5S/c1-30-19-20(32-24(29)27-16-9-3-2-8-14-25)22(23(28)31-17-11-5-4-6-12-17)33-21(19)18-13-7-10-15-26-18/h7,10,13,15,17H,2-6,8-9,11-12,16H2,1H3,(H,27,29). The molecule has 1 aliphatic rings. The summed E-state index contributed by atoms with van der Waals surface area (Å²) in [5.41, 5.74) is 0.610. The highest BCUT2D eigenvalue weighted by molar-refractivity contribution is 7.18. The third kappa shape index (κ3) is 6.93. The highest BCUT2D eigenvalue weighted by atomic mass is 32.1. The lowest BCUT2D eigenvalue weighted by Gasteiger charge is -2.21. The molecule has 0 bridgehead atoms. The van der Waals surface area contributed by atoms with Gasteiger partial charge in [-0.15, -0.1) is 11.3 Å². The number of carbonyl (C=O) groups is 2. The first-order chi connectivity index (χ1) is 16.1. The lowest BCUT2D eigenvalue weighted by Crippen LogP contribution is -2.28. The van der Waals surface area contributed by atoms with Gasteiger partial charge in [-0.2, -0.15) is 5.26 Å². The molecular weight excluding hydrogens is 442 g/mol. The highest BCUT2D eigenvalue weighted by Gasteiger charge is 2.31. The zero-order valence-electron chi connectivity index (χ0n) is 18.8. The number of nitrogens with one attached hydrogen (secondary N) is 1. The lowest BCUT2D eigenvalue weighted by atomic mass is 9.98. The van der Waals surface area contributed by atoms with Crippen molar-refractivity contribution in [3.63, 3.8) is 0 Å². The Kier molecular flexibility index (Phi) is 9.51. The zero-order chi connectivity index (χ0) is 23.5. The fourth-order valence-electron chi connectivity index (χ4n) is 3.69. The number of hydrogen-bond donors (Lipinski definition) is 1. The number of nitriles is 1. The van der Waals surface area contributed by atoms with E-state index in [1.54, 1.807) is 18.3 Å². The molecule has 0 radical (unpaired) electrons. The summed E-state index contributed by atoms with van der Waals surface area (Å²) >= 11 is 1.14. The van der Waals surface area contributed by atoms with Crippen molar-refractivity contribution in [2.45, 2.75) is 63.9 Å². The monoisotopic (exact) mass is 471 g/mol. The lowest BCUT2D eigenvalue weighted by molar-refractivity contribution is 0.0214. The molecule has 0 atom stereocenters. The summed E-state index contributed by atoms with van der Waals surface area (Å²) < 4.78 is 16.9. The van der Waals surface area contributed by atoms with E-state index in [0.717, 1.165) is 62.7 Å². The number of aromatic nitrogens is 1. The van der Waals surface area contributed by atoms with Gasteiger partial charge in [0.1, 0.15) is 6.10 Å². The predicted molar refractivity (Wildman–Crippen MR) is 124 cm³/mol. The fourth-order valence-corrected chi connectivity index (χ4v) is 4.75. The van der Waals surface area contributed by atoms with Gasteiger partial charge in [0.15, 0.2) is 10.6 Å². The first kappa shape index (κ1) is 24.5. The maximum Gasteiger partial charge on any atom is 0.412 e. The quantitative estimate of drug-likeness (QED) is 0.361. The smallest absolute Gasteiger partial charge is 0.412 e. The Morgan fingerprint density at radius 1 is 1.18 bits per heavy atom. The normalized spacial score (nSPS) is 13.7. The number of rotatable bonds is 10. The van der Waals surface area contributed by atoms with Gasteiger partial charge < -0.3 is 19.5 Å². The SMILES string of the molecule is COc1c(-c2ccccn2)sc(C(=O)OC2CCCCC2)c1OC(=O)NCCCCCC#N. The molecule has 2 aromatic heterocycles. The number of nitrogens with zero attached hydrogens (tertiary/aromatic N) is 2. The molecule has 176 valence electrons. The van der Waals surface area contributed by atoms with Crippen molar-refractivity contribution < 1.29 is 23.8 Å². The largest absolute Gasteiger partial charge is 0.491 e. The second-order valence-corrected chi connectivity index (χ2v) is 8.81. The number of esters is 1. The minimum Gasteiger partial charge on any atom is -0.491 e. The molecular formula is C24H29N3O5S. The number of pyridine rings is 1. The van der Waals surface area contributed by atoms with Gasteiger partial charge in [-0.25, -0.2) is 9.59 Å². The number of carbonyl (C=O) groups excluding carboxylic acids is 2. The van der Waals surface area contributed by atoms with Gasteiger partial charge in [-0.05, 0) is 50.7 Å². The van der Waals surface area contributed by atoms with Gasteiger partial charge in [-0.3, -0.25) is 4.98 Å². The van der Waals surface area contributed by atoms with E-state index >= 15 is 0 Å². The predicted octanol–water partition coefficient (Wildman–Crippen LogP) is 5.48. The van der Waals surface area contributed by atoms with Crippen LogP contribution < -0.4 is 14.8 Å². The third-order valence-electron chi connectivity index (χ3n) is 5.37. The van der Waals surface area contributed by atoms with Crippen LogP contribution in [0.3, 0.4) is 0 Å². The molecule has 8 nitrogen and oxygen atoms in total. The van der Waals surface area contributed by atoms with Gasteiger partial charge in [0.2, 0.25) is 5.75 Å². The molecule has 0 aliphatic heterocycles. The average molecular weight is 472 g/mol. The van der Waals surface area contributed by atoms with Crippen molar-refractivity contribution in [3.05, 3.63) is 29.3 Å². The van der Waals surface area contributed by atoms with Crippen LogP contribution in [-0.4, -0.2) is 36.8 Å². The number of thiophene rings is 1. The van der Waals surface area contributed by atoms with Gasteiger partial charge in [0.05, 0.1) is 23.8 Å². The minimum atomic E-state index is -0.675. The average Bonchev–Trinajstić information content (AvgIpc) is 3.20. The van der Waals surface area contributed by atoms with Crippen LogP contribution >= 0.6 is 11.3 Å². The summed E-state index contributed by atoms with van der Waals surface area (Å²) in [5.74, 6) is -0.198. The van der Waals surface area contributed by atoms with Crippen molar-refractivity contribution in [1.29, 1.82) is 5.26 Å². The van der Waals surface area contributed by atoms with Crippen molar-refractivity contribution >= 4 is 23.4 Å². The van der Waals surface area contributed by atoms with Crippen LogP contribution in [-0.2, 0) is 4.74 Å². The van der Waals surface area contributed by atoms with E-state index in [0.29, 0.717) is 23.5 Å². The summed E-state index contributed by atoms with van der Waals surface area (Å²) in [6, 6.07) is 7.53. The molecule has 1 N–H and O–H groups in total. The Labute approximate surface area is 197 Å². The molecule has 1 saturated carbocycles. The van der Waals surface area contributed by atoms with Crippen molar-refractivity contribution in [2.24, 2.45) is 0 Å². The number of ether oxygens (including phenoxy) is 3. The molecule has 0 aromatic carbocycles. The van der Waals surface area contributed by atoms with Gasteiger partial charge >= 0.3 is 12.1 Å². The molecule has 3 rings (SSSR count). The van der Waals surface area contributed by atoms with Gasteiger partial charge in [0, 0.05) is 19.2 Å². The van der Waals surface area contributed by atoms with Crippen LogP contribution in [0.2, 0.25) is 0 Å². The van der Waals surface area contributed by atoms with E-state index < -0.39 is 12.1 Å². The third-order valence-corrected chi connectivity index (χ3v) is 6.52. The minimum absolute atomic E-state index is 0.0472. The van der Waals surface area contributed by atoms with E-state index in [1.165, 1.54) is 7.11 Å². The molecule has 1 aliphatic carbocycles. The van der Waals surface area contributed by atoms with Crippen molar-refractivity contribution in [2.75, 3.05) is 13.7 Å². The van der Waals surface area contributed by atoms with E-state index in [2.05, 4.69) is 16.4 Å². The van der Waals surface area contributed by atoms with Crippen LogP contribution in [0.25, 0.3) is 10.6 Å². The topological polar surface area (TPSA) is 111 Å². The molecule has 9 heteroatoms. The van der Waals surface area contributed by atoms with E-state index in [-0.39, 0.29) is 22.5 Å². The van der Waals surface area contributed by atoms with Gasteiger partial charge in [-0.1, -0.05) is 18.9 Å². The maximum atomic E-state index is 13.1. The van der Waals surface area contributed by atoms with E-state index in [4.69, 9.17) is 19.5 Å².